The molecule has 0 bridgehead atoms. The van der Waals surface area contributed by atoms with Gasteiger partial charge in [0.1, 0.15) is 5.84 Å². The molecule has 0 saturated carbocycles. The summed E-state index contributed by atoms with van der Waals surface area (Å²) in [6.45, 7) is -0.167. The second-order valence-corrected chi connectivity index (χ2v) is 6.71. The fraction of sp³-hybridized carbons (Fsp3) is 0.316. The van der Waals surface area contributed by atoms with Crippen molar-refractivity contribution in [3.63, 3.8) is 0 Å². The van der Waals surface area contributed by atoms with Gasteiger partial charge in [0.05, 0.1) is 6.61 Å². The van der Waals surface area contributed by atoms with Crippen molar-refractivity contribution in [3.05, 3.63) is 53.3 Å². The summed E-state index contributed by atoms with van der Waals surface area (Å²) in [5, 5.41) is 20.0. The number of allylic oxidation sites excluding steroid dienone is 4. The number of carbonyl (C=O) groups is 2. The molecule has 0 radical (unpaired) electrons. The van der Waals surface area contributed by atoms with Crippen molar-refractivity contribution in [2.24, 2.45) is 5.73 Å². The Balaban J connectivity index is 1.70. The molecule has 3 rings (SSSR count). The maximum atomic E-state index is 13.6. The number of aliphatic hydroxyl groups excluding tert-OH is 1. The van der Waals surface area contributed by atoms with Gasteiger partial charge in [0, 0.05) is 29.9 Å². The van der Waals surface area contributed by atoms with Gasteiger partial charge >= 0.3 is 0 Å². The lowest BCUT2D eigenvalue weighted by Gasteiger charge is -2.36. The molecule has 160 valence electrons. The number of halogens is 3. The lowest BCUT2D eigenvalue weighted by atomic mass is 10.0. The van der Waals surface area contributed by atoms with Crippen LogP contribution < -0.4 is 11.1 Å². The molecular formula is C19H19F3N4O4. The van der Waals surface area contributed by atoms with Crippen LogP contribution in [0.2, 0.25) is 0 Å². The maximum Gasteiger partial charge on any atom is 0.259 e. The van der Waals surface area contributed by atoms with Crippen LogP contribution in [-0.2, 0) is 14.3 Å². The molecule has 30 heavy (non-hydrogen) atoms. The number of carbonyl (C=O) groups excluding carboxylic acids is 2. The van der Waals surface area contributed by atoms with Crippen LogP contribution in [0.1, 0.15) is 12.0 Å². The summed E-state index contributed by atoms with van der Waals surface area (Å²) in [6.07, 6.45) is -5.56. The van der Waals surface area contributed by atoms with Gasteiger partial charge in [-0.2, -0.15) is 0 Å². The van der Waals surface area contributed by atoms with E-state index in [-0.39, 0.29) is 30.4 Å². The molecule has 2 aliphatic rings. The Bertz CT molecular complexity index is 932. The number of rotatable bonds is 5. The first-order valence-electron chi connectivity index (χ1n) is 8.95. The van der Waals surface area contributed by atoms with E-state index in [0.717, 1.165) is 4.90 Å². The van der Waals surface area contributed by atoms with E-state index in [2.05, 4.69) is 5.32 Å². The summed E-state index contributed by atoms with van der Waals surface area (Å²) in [4.78, 5) is 26.0. The van der Waals surface area contributed by atoms with Crippen molar-refractivity contribution in [2.75, 3.05) is 18.5 Å². The maximum absolute atomic E-state index is 13.6. The lowest BCUT2D eigenvalue weighted by Crippen LogP contribution is -2.55. The quantitative estimate of drug-likeness (QED) is 0.418. The van der Waals surface area contributed by atoms with Gasteiger partial charge in [-0.1, -0.05) is 0 Å². The van der Waals surface area contributed by atoms with Crippen LogP contribution in [-0.4, -0.2) is 59.2 Å². The Kier molecular flexibility index (Phi) is 6.22. The van der Waals surface area contributed by atoms with Gasteiger partial charge in [-0.15, -0.1) is 0 Å². The lowest BCUT2D eigenvalue weighted by molar-refractivity contribution is -0.164. The zero-order valence-electron chi connectivity index (χ0n) is 15.6. The van der Waals surface area contributed by atoms with Gasteiger partial charge in [0.2, 0.25) is 0 Å². The number of amidine groups is 1. The number of aliphatic hydroxyl groups is 1. The zero-order valence-corrected chi connectivity index (χ0v) is 15.6. The van der Waals surface area contributed by atoms with Crippen LogP contribution in [0.3, 0.4) is 0 Å². The fourth-order valence-electron chi connectivity index (χ4n) is 3.09. The molecule has 1 saturated heterocycles. The Morgan fingerprint density at radius 1 is 1.33 bits per heavy atom. The highest BCUT2D eigenvalue weighted by molar-refractivity contribution is 6.00. The van der Waals surface area contributed by atoms with Crippen molar-refractivity contribution in [3.8, 4) is 0 Å². The van der Waals surface area contributed by atoms with E-state index in [4.69, 9.17) is 15.9 Å². The molecule has 1 unspecified atom stereocenters. The molecule has 0 aromatic heterocycles. The Hall–Kier alpha value is -3.18. The van der Waals surface area contributed by atoms with Gasteiger partial charge in [-0.05, 0) is 30.3 Å². The highest BCUT2D eigenvalue weighted by Crippen LogP contribution is 2.31. The van der Waals surface area contributed by atoms with Crippen LogP contribution in [0.4, 0.5) is 18.9 Å². The number of hydrogen-bond acceptors (Lipinski definition) is 5. The Morgan fingerprint density at radius 2 is 2.00 bits per heavy atom. The number of anilines is 1. The fourth-order valence-corrected chi connectivity index (χ4v) is 3.09. The number of benzene rings is 1. The SMILES string of the molecule is N=C(N)c1ccc(NC(=O)[C@H](O)[C@H]2OCCN(C3=CC(F)=C(F)C(F)C3)C2=O)cc1. The summed E-state index contributed by atoms with van der Waals surface area (Å²) in [7, 11) is 0. The minimum absolute atomic E-state index is 0.0658. The molecule has 3 atom stereocenters. The molecule has 1 heterocycles. The largest absolute Gasteiger partial charge is 0.384 e. The van der Waals surface area contributed by atoms with E-state index < -0.39 is 48.3 Å². The number of morpholine rings is 1. The van der Waals surface area contributed by atoms with Crippen molar-refractivity contribution in [1.82, 2.24) is 4.90 Å². The number of nitrogen functional groups attached to an aromatic ring is 1. The molecule has 2 amide bonds. The Labute approximate surface area is 169 Å². The van der Waals surface area contributed by atoms with Gasteiger partial charge in [0.25, 0.3) is 11.8 Å². The first kappa shape index (κ1) is 21.5. The summed E-state index contributed by atoms with van der Waals surface area (Å²) < 4.78 is 45.6. The van der Waals surface area contributed by atoms with Crippen molar-refractivity contribution in [2.45, 2.75) is 24.8 Å². The van der Waals surface area contributed by atoms with Crippen LogP contribution in [0, 0.1) is 5.41 Å². The first-order valence-corrected chi connectivity index (χ1v) is 8.95. The topological polar surface area (TPSA) is 129 Å². The molecule has 8 nitrogen and oxygen atoms in total. The monoisotopic (exact) mass is 424 g/mol. The second kappa shape index (κ2) is 8.67. The second-order valence-electron chi connectivity index (χ2n) is 6.71. The summed E-state index contributed by atoms with van der Waals surface area (Å²) in [5.74, 6) is -4.92. The minimum Gasteiger partial charge on any atom is -0.384 e. The minimum atomic E-state index is -2.22. The van der Waals surface area contributed by atoms with E-state index >= 15 is 0 Å². The molecule has 1 aliphatic carbocycles. The third-order valence-corrected chi connectivity index (χ3v) is 4.67. The van der Waals surface area contributed by atoms with Crippen LogP contribution in [0.25, 0.3) is 0 Å². The van der Waals surface area contributed by atoms with Crippen molar-refractivity contribution >= 4 is 23.3 Å². The number of amides is 2. The summed E-state index contributed by atoms with van der Waals surface area (Å²) in [6, 6.07) is 5.88. The first-order chi connectivity index (χ1) is 14.2. The number of alkyl halides is 1. The number of ether oxygens (including phenoxy) is 1. The van der Waals surface area contributed by atoms with Gasteiger partial charge in [-0.25, -0.2) is 13.2 Å². The molecule has 11 heteroatoms. The van der Waals surface area contributed by atoms with E-state index in [1.54, 1.807) is 0 Å². The third-order valence-electron chi connectivity index (χ3n) is 4.67. The predicted octanol–water partition coefficient (Wildman–Crippen LogP) is 1.27. The highest BCUT2D eigenvalue weighted by Gasteiger charge is 2.41. The molecule has 1 aliphatic heterocycles. The third kappa shape index (κ3) is 4.36. The summed E-state index contributed by atoms with van der Waals surface area (Å²) in [5.41, 5.74) is 5.95. The van der Waals surface area contributed by atoms with Gasteiger partial charge in [0.15, 0.2) is 30.0 Å². The Morgan fingerprint density at radius 3 is 2.60 bits per heavy atom. The standard InChI is InChI=1S/C19H19F3N4O4/c20-12-7-11(8-13(21)14(12)22)26-5-6-30-16(19(26)29)15(27)18(28)25-10-3-1-9(2-4-10)17(23)24/h1-4,7,13,15-16,27H,5-6,8H2,(H3,23,24)(H,25,28)/t13?,15-,16-/m1/s1. The molecule has 1 fully saturated rings. The number of hydrogen-bond donors (Lipinski definition) is 4. The molecule has 5 N–H and O–H groups in total. The van der Waals surface area contributed by atoms with E-state index in [9.17, 15) is 27.9 Å². The smallest absolute Gasteiger partial charge is 0.259 e. The molecule has 1 aromatic carbocycles. The normalized spacial score (nSPS) is 23.1. The van der Waals surface area contributed by atoms with E-state index in [1.807, 2.05) is 0 Å². The van der Waals surface area contributed by atoms with Crippen molar-refractivity contribution < 1.29 is 32.6 Å². The number of nitrogens with one attached hydrogen (secondary N) is 2. The van der Waals surface area contributed by atoms with Crippen LogP contribution >= 0.6 is 0 Å². The van der Waals surface area contributed by atoms with E-state index in [1.165, 1.54) is 24.3 Å². The number of nitrogens with zero attached hydrogens (tertiary/aromatic N) is 1. The molecule has 1 aromatic rings. The average Bonchev–Trinajstić information content (AvgIpc) is 2.71. The average molecular weight is 424 g/mol. The van der Waals surface area contributed by atoms with Gasteiger partial charge in [-0.3, -0.25) is 15.0 Å². The molecular weight excluding hydrogens is 405 g/mol. The van der Waals surface area contributed by atoms with Crippen LogP contribution in [0.15, 0.2) is 47.7 Å². The summed E-state index contributed by atoms with van der Waals surface area (Å²) >= 11 is 0. The zero-order chi connectivity index (χ0) is 22.0. The van der Waals surface area contributed by atoms with Crippen LogP contribution in [0.5, 0.6) is 0 Å². The van der Waals surface area contributed by atoms with E-state index in [0.29, 0.717) is 11.6 Å². The predicted molar refractivity (Wildman–Crippen MR) is 100 cm³/mol. The number of nitrogens with two attached hydrogens (primary N) is 1. The van der Waals surface area contributed by atoms with Gasteiger partial charge < -0.3 is 25.8 Å². The highest BCUT2D eigenvalue weighted by atomic mass is 19.2. The molecule has 0 spiro atoms. The van der Waals surface area contributed by atoms with Crippen molar-refractivity contribution in [1.29, 1.82) is 5.41 Å².